The fourth-order valence-electron chi connectivity index (χ4n) is 3.67. The van der Waals surface area contributed by atoms with Gasteiger partial charge in [-0.2, -0.15) is 0 Å². The molecule has 0 bridgehead atoms. The van der Waals surface area contributed by atoms with E-state index in [0.717, 1.165) is 19.3 Å². The van der Waals surface area contributed by atoms with Gasteiger partial charge in [-0.05, 0) is 49.7 Å². The summed E-state index contributed by atoms with van der Waals surface area (Å²) in [5.74, 6) is -0.749. The monoisotopic (exact) mass is 446 g/mol. The van der Waals surface area contributed by atoms with Crippen molar-refractivity contribution >= 4 is 40.0 Å². The molecule has 8 heteroatoms. The maximum atomic E-state index is 13.0. The molecule has 0 aliphatic rings. The van der Waals surface area contributed by atoms with Gasteiger partial charge >= 0.3 is 11.9 Å². The minimum atomic E-state index is -0.528. The van der Waals surface area contributed by atoms with Gasteiger partial charge in [0.05, 0.1) is 29.8 Å². The Bertz CT molecular complexity index is 1310. The van der Waals surface area contributed by atoms with E-state index in [1.54, 1.807) is 35.8 Å². The molecule has 0 aliphatic carbocycles. The van der Waals surface area contributed by atoms with Gasteiger partial charge in [0.15, 0.2) is 5.65 Å². The first-order valence-electron chi connectivity index (χ1n) is 11.1. The van der Waals surface area contributed by atoms with Crippen molar-refractivity contribution in [3.05, 3.63) is 59.7 Å². The molecule has 4 aromatic rings. The van der Waals surface area contributed by atoms with Crippen LogP contribution in [0.4, 0.5) is 5.82 Å². The van der Waals surface area contributed by atoms with Crippen molar-refractivity contribution in [1.29, 1.82) is 0 Å². The second kappa shape index (κ2) is 9.68. The first-order valence-corrected chi connectivity index (χ1v) is 11.1. The van der Waals surface area contributed by atoms with Crippen LogP contribution in [0.25, 0.3) is 27.9 Å². The summed E-state index contributed by atoms with van der Waals surface area (Å²) < 4.78 is 12.2. The van der Waals surface area contributed by atoms with E-state index in [2.05, 4.69) is 11.9 Å². The van der Waals surface area contributed by atoms with Crippen LogP contribution in [0.2, 0.25) is 0 Å². The lowest BCUT2D eigenvalue weighted by molar-refractivity contribution is 0.0498. The fraction of sp³-hybridized carbons (Fsp3) is 0.280. The minimum absolute atomic E-state index is 0.185. The van der Waals surface area contributed by atoms with Gasteiger partial charge in [0, 0.05) is 5.69 Å². The first-order chi connectivity index (χ1) is 16.0. The highest BCUT2D eigenvalue weighted by Crippen LogP contribution is 2.31. The highest BCUT2D eigenvalue weighted by Gasteiger charge is 2.26. The van der Waals surface area contributed by atoms with Crippen LogP contribution in [-0.4, -0.2) is 39.7 Å². The number of esters is 2. The van der Waals surface area contributed by atoms with Crippen molar-refractivity contribution in [3.63, 3.8) is 0 Å². The van der Waals surface area contributed by atoms with Gasteiger partial charge in [-0.1, -0.05) is 31.9 Å². The van der Waals surface area contributed by atoms with Gasteiger partial charge in [0.1, 0.15) is 16.9 Å². The zero-order valence-electron chi connectivity index (χ0n) is 18.7. The van der Waals surface area contributed by atoms with E-state index in [1.165, 1.54) is 0 Å². The van der Waals surface area contributed by atoms with Gasteiger partial charge in [0.25, 0.3) is 0 Å². The molecule has 0 aliphatic heterocycles. The lowest BCUT2D eigenvalue weighted by atomic mass is 10.2. The number of rotatable bonds is 8. The van der Waals surface area contributed by atoms with Gasteiger partial charge in [-0.25, -0.2) is 19.6 Å². The Hall–Kier alpha value is -3.94. The Morgan fingerprint density at radius 1 is 0.909 bits per heavy atom. The summed E-state index contributed by atoms with van der Waals surface area (Å²) in [4.78, 5) is 34.4. The summed E-state index contributed by atoms with van der Waals surface area (Å²) in [6.45, 7) is 4.45. The highest BCUT2D eigenvalue weighted by atomic mass is 16.5. The molecule has 0 saturated carbocycles. The van der Waals surface area contributed by atoms with E-state index < -0.39 is 11.9 Å². The molecule has 0 amide bonds. The number of ether oxygens (including phenoxy) is 2. The van der Waals surface area contributed by atoms with E-state index in [1.807, 2.05) is 24.3 Å². The number of carbonyl (C=O) groups excluding carboxylic acids is 2. The van der Waals surface area contributed by atoms with Crippen molar-refractivity contribution in [2.24, 2.45) is 0 Å². The van der Waals surface area contributed by atoms with Crippen LogP contribution in [-0.2, 0) is 9.47 Å². The molecule has 2 heterocycles. The third kappa shape index (κ3) is 4.37. The normalized spacial score (nSPS) is 11.1. The molecular formula is C25H26N4O4. The van der Waals surface area contributed by atoms with E-state index >= 15 is 0 Å². The number of aromatic nitrogens is 3. The molecule has 0 spiro atoms. The Morgan fingerprint density at radius 2 is 1.61 bits per heavy atom. The number of nitrogens with zero attached hydrogens (tertiary/aromatic N) is 3. The predicted molar refractivity (Wildman–Crippen MR) is 127 cm³/mol. The second-order valence-corrected chi connectivity index (χ2v) is 7.59. The summed E-state index contributed by atoms with van der Waals surface area (Å²) in [7, 11) is 0. The van der Waals surface area contributed by atoms with Crippen LogP contribution in [0.3, 0.4) is 0 Å². The summed E-state index contributed by atoms with van der Waals surface area (Å²) >= 11 is 0. The topological polar surface area (TPSA) is 109 Å². The number of nitrogen functional groups attached to an aromatic ring is 1. The van der Waals surface area contributed by atoms with Gasteiger partial charge in [0.2, 0.25) is 0 Å². The number of hydrogen-bond donors (Lipinski definition) is 1. The highest BCUT2D eigenvalue weighted by molar-refractivity contribution is 6.09. The Morgan fingerprint density at radius 3 is 2.27 bits per heavy atom. The standard InChI is InChI=1S/C25H26N4O4/c1-3-5-8-15-33-25(31)20-21-23(28-19-10-7-6-9-18(19)27-21)29(22(20)26)17-13-11-16(12-14-17)24(30)32-4-2/h6-7,9-14H,3-5,8,15,26H2,1-2H3. The lowest BCUT2D eigenvalue weighted by Crippen LogP contribution is -2.10. The van der Waals surface area contributed by atoms with Gasteiger partial charge in [-0.3, -0.25) is 4.57 Å². The zero-order valence-corrected chi connectivity index (χ0v) is 18.7. The first kappa shape index (κ1) is 22.3. The predicted octanol–water partition coefficient (Wildman–Crippen LogP) is 4.68. The number of fused-ring (bicyclic) bond motifs is 2. The zero-order chi connectivity index (χ0) is 23.4. The van der Waals surface area contributed by atoms with E-state index in [4.69, 9.17) is 20.2 Å². The summed E-state index contributed by atoms with van der Waals surface area (Å²) in [6, 6.07) is 14.2. The molecule has 0 atom stereocenters. The lowest BCUT2D eigenvalue weighted by Gasteiger charge is -2.09. The quantitative estimate of drug-likeness (QED) is 0.309. The van der Waals surface area contributed by atoms with Crippen LogP contribution in [0.15, 0.2) is 48.5 Å². The van der Waals surface area contributed by atoms with Crippen molar-refractivity contribution in [1.82, 2.24) is 14.5 Å². The minimum Gasteiger partial charge on any atom is -0.462 e. The Kier molecular flexibility index (Phi) is 6.53. The van der Waals surface area contributed by atoms with Crippen LogP contribution in [0, 0.1) is 0 Å². The molecular weight excluding hydrogens is 420 g/mol. The van der Waals surface area contributed by atoms with Crippen LogP contribution in [0.5, 0.6) is 0 Å². The van der Waals surface area contributed by atoms with E-state index in [0.29, 0.717) is 46.7 Å². The van der Waals surface area contributed by atoms with E-state index in [9.17, 15) is 9.59 Å². The van der Waals surface area contributed by atoms with Gasteiger partial charge in [-0.15, -0.1) is 0 Å². The summed E-state index contributed by atoms with van der Waals surface area (Å²) in [5, 5.41) is 0. The van der Waals surface area contributed by atoms with Crippen LogP contribution < -0.4 is 5.73 Å². The van der Waals surface area contributed by atoms with Crippen LogP contribution >= 0.6 is 0 Å². The molecule has 0 radical (unpaired) electrons. The molecule has 8 nitrogen and oxygen atoms in total. The number of carbonyl (C=O) groups is 2. The third-order valence-electron chi connectivity index (χ3n) is 5.32. The number of nitrogens with two attached hydrogens (primary N) is 1. The number of benzene rings is 2. The molecule has 2 N–H and O–H groups in total. The summed E-state index contributed by atoms with van der Waals surface area (Å²) in [5.41, 5.74) is 9.87. The molecule has 0 fully saturated rings. The maximum absolute atomic E-state index is 13.0. The molecule has 2 aromatic heterocycles. The number of anilines is 1. The largest absolute Gasteiger partial charge is 0.462 e. The number of unbranched alkanes of at least 4 members (excludes halogenated alkanes) is 2. The molecule has 33 heavy (non-hydrogen) atoms. The van der Waals surface area contributed by atoms with Gasteiger partial charge < -0.3 is 15.2 Å². The Balaban J connectivity index is 1.83. The van der Waals surface area contributed by atoms with Crippen molar-refractivity contribution < 1.29 is 19.1 Å². The molecule has 2 aromatic carbocycles. The van der Waals surface area contributed by atoms with Crippen LogP contribution in [0.1, 0.15) is 53.8 Å². The third-order valence-corrected chi connectivity index (χ3v) is 5.32. The second-order valence-electron chi connectivity index (χ2n) is 7.59. The fourth-order valence-corrected chi connectivity index (χ4v) is 3.67. The van der Waals surface area contributed by atoms with Crippen molar-refractivity contribution in [3.8, 4) is 5.69 Å². The number of para-hydroxylation sites is 2. The average molecular weight is 447 g/mol. The van der Waals surface area contributed by atoms with E-state index in [-0.39, 0.29) is 11.4 Å². The summed E-state index contributed by atoms with van der Waals surface area (Å²) in [6.07, 6.45) is 2.78. The van der Waals surface area contributed by atoms with Crippen molar-refractivity contribution in [2.45, 2.75) is 33.1 Å². The molecule has 170 valence electrons. The smallest absolute Gasteiger partial charge is 0.344 e. The number of hydrogen-bond acceptors (Lipinski definition) is 7. The average Bonchev–Trinajstić information content (AvgIpc) is 3.11. The van der Waals surface area contributed by atoms with Crippen molar-refractivity contribution in [2.75, 3.05) is 18.9 Å². The SMILES string of the molecule is CCCCCOC(=O)c1c(N)n(-c2ccc(C(=O)OCC)cc2)c2nc3ccccc3nc12. The molecule has 0 unspecified atom stereocenters. The molecule has 4 rings (SSSR count). The molecule has 0 saturated heterocycles. The Labute approximate surface area is 191 Å². The maximum Gasteiger partial charge on any atom is 0.344 e.